The SMILES string of the molecule is [C-]#[N+]c1cccc(-c2ccc(-c3ccc(-n4c5ccccc5c5ccc(C#N)cc54)cc3)cc2)c1-n1c2ccccc2c2ccccc21. The van der Waals surface area contributed by atoms with Crippen molar-refractivity contribution in [2.24, 2.45) is 0 Å². The van der Waals surface area contributed by atoms with Gasteiger partial charge in [-0.3, -0.25) is 0 Å². The second-order valence-electron chi connectivity index (χ2n) is 12.0. The summed E-state index contributed by atoms with van der Waals surface area (Å²) in [6.07, 6.45) is 0. The first-order valence-electron chi connectivity index (χ1n) is 15.9. The zero-order chi connectivity index (χ0) is 32.2. The Morgan fingerprint density at radius 3 is 1.58 bits per heavy atom. The summed E-state index contributed by atoms with van der Waals surface area (Å²) in [6, 6.07) is 56.6. The Hall–Kier alpha value is -6.88. The van der Waals surface area contributed by atoms with Crippen molar-refractivity contribution in [3.63, 3.8) is 0 Å². The Bertz CT molecular complexity index is 2730. The summed E-state index contributed by atoms with van der Waals surface area (Å²) in [4.78, 5) is 3.98. The number of benzene rings is 7. The summed E-state index contributed by atoms with van der Waals surface area (Å²) >= 11 is 0. The number of aromatic nitrogens is 2. The van der Waals surface area contributed by atoms with Gasteiger partial charge in [0.1, 0.15) is 0 Å². The summed E-state index contributed by atoms with van der Waals surface area (Å²) in [5, 5.41) is 14.2. The van der Waals surface area contributed by atoms with Crippen LogP contribution in [0.1, 0.15) is 5.56 Å². The van der Waals surface area contributed by atoms with E-state index >= 15 is 0 Å². The number of nitriles is 1. The maximum Gasteiger partial charge on any atom is 0.211 e. The molecule has 222 valence electrons. The maximum atomic E-state index is 9.59. The van der Waals surface area contributed by atoms with E-state index in [2.05, 4.69) is 147 Å². The smallest absolute Gasteiger partial charge is 0.211 e. The van der Waals surface area contributed by atoms with Gasteiger partial charge >= 0.3 is 0 Å². The highest BCUT2D eigenvalue weighted by atomic mass is 15.0. The molecular weight excluding hydrogens is 585 g/mol. The van der Waals surface area contributed by atoms with Crippen molar-refractivity contribution < 1.29 is 0 Å². The highest BCUT2D eigenvalue weighted by Crippen LogP contribution is 2.41. The first-order chi connectivity index (χ1) is 23.7. The van der Waals surface area contributed by atoms with Crippen molar-refractivity contribution in [2.75, 3.05) is 0 Å². The molecule has 4 nitrogen and oxygen atoms in total. The van der Waals surface area contributed by atoms with Crippen LogP contribution in [0.25, 0.3) is 82.1 Å². The van der Waals surface area contributed by atoms with E-state index in [-0.39, 0.29) is 0 Å². The van der Waals surface area contributed by atoms with Crippen molar-refractivity contribution in [3.8, 4) is 39.7 Å². The van der Waals surface area contributed by atoms with Crippen LogP contribution in [0.2, 0.25) is 0 Å². The van der Waals surface area contributed by atoms with E-state index < -0.39 is 0 Å². The largest absolute Gasteiger partial charge is 0.318 e. The Kier molecular flexibility index (Phi) is 6.22. The summed E-state index contributed by atoms with van der Waals surface area (Å²) in [5.74, 6) is 0. The topological polar surface area (TPSA) is 38.0 Å². The van der Waals surface area contributed by atoms with Crippen molar-refractivity contribution >= 4 is 49.3 Å². The fraction of sp³-hybridized carbons (Fsp3) is 0. The predicted octanol–water partition coefficient (Wildman–Crippen LogP) is 11.6. The highest BCUT2D eigenvalue weighted by molar-refractivity contribution is 6.11. The van der Waals surface area contributed by atoms with Crippen LogP contribution < -0.4 is 0 Å². The fourth-order valence-corrected chi connectivity index (χ4v) is 7.22. The van der Waals surface area contributed by atoms with Crippen molar-refractivity contribution in [1.29, 1.82) is 5.26 Å². The van der Waals surface area contributed by atoms with E-state index in [1.807, 2.05) is 30.3 Å². The maximum absolute atomic E-state index is 9.59. The summed E-state index contributed by atoms with van der Waals surface area (Å²) in [7, 11) is 0. The number of nitrogens with zero attached hydrogens (tertiary/aromatic N) is 4. The van der Waals surface area contributed by atoms with E-state index in [0.717, 1.165) is 61.1 Å². The predicted molar refractivity (Wildman–Crippen MR) is 197 cm³/mol. The van der Waals surface area contributed by atoms with Gasteiger partial charge in [-0.1, -0.05) is 115 Å². The zero-order valence-electron chi connectivity index (χ0n) is 25.8. The van der Waals surface area contributed by atoms with E-state index in [0.29, 0.717) is 11.3 Å². The third-order valence-corrected chi connectivity index (χ3v) is 9.40. The van der Waals surface area contributed by atoms with Gasteiger partial charge in [0, 0.05) is 27.2 Å². The van der Waals surface area contributed by atoms with Gasteiger partial charge < -0.3 is 9.13 Å². The average molecular weight is 611 g/mol. The molecule has 0 amide bonds. The number of hydrogen-bond donors (Lipinski definition) is 0. The van der Waals surface area contributed by atoms with Crippen LogP contribution in [0.4, 0.5) is 5.69 Å². The van der Waals surface area contributed by atoms with Gasteiger partial charge in [0.25, 0.3) is 0 Å². The second-order valence-corrected chi connectivity index (χ2v) is 12.0. The molecule has 48 heavy (non-hydrogen) atoms. The molecule has 0 fully saturated rings. The summed E-state index contributed by atoms with van der Waals surface area (Å²) in [5.41, 5.74) is 11.8. The molecule has 0 atom stereocenters. The van der Waals surface area contributed by atoms with Gasteiger partial charge in [-0.2, -0.15) is 5.26 Å². The third-order valence-electron chi connectivity index (χ3n) is 9.40. The Morgan fingerprint density at radius 1 is 0.479 bits per heavy atom. The van der Waals surface area contributed by atoms with Gasteiger partial charge in [0.05, 0.1) is 46.0 Å². The Morgan fingerprint density at radius 2 is 1.00 bits per heavy atom. The van der Waals surface area contributed by atoms with Gasteiger partial charge in [0.2, 0.25) is 5.69 Å². The van der Waals surface area contributed by atoms with Gasteiger partial charge in [-0.25, -0.2) is 4.85 Å². The fourth-order valence-electron chi connectivity index (χ4n) is 7.22. The second kappa shape index (κ2) is 10.9. The quantitative estimate of drug-likeness (QED) is 0.183. The molecule has 2 heterocycles. The molecule has 7 aromatic carbocycles. The first kappa shape index (κ1) is 27.4. The Labute approximate surface area is 277 Å². The third kappa shape index (κ3) is 4.14. The van der Waals surface area contributed by atoms with E-state index in [1.165, 1.54) is 16.2 Å². The molecule has 0 N–H and O–H groups in total. The number of para-hydroxylation sites is 4. The summed E-state index contributed by atoms with van der Waals surface area (Å²) in [6.45, 7) is 8.08. The molecule has 0 aliphatic carbocycles. The minimum Gasteiger partial charge on any atom is -0.318 e. The van der Waals surface area contributed by atoms with Crippen LogP contribution in [0, 0.1) is 17.9 Å². The van der Waals surface area contributed by atoms with Crippen LogP contribution in [-0.4, -0.2) is 9.13 Å². The summed E-state index contributed by atoms with van der Waals surface area (Å²) < 4.78 is 4.48. The number of rotatable bonds is 4. The van der Waals surface area contributed by atoms with E-state index in [9.17, 15) is 5.26 Å². The van der Waals surface area contributed by atoms with E-state index in [1.54, 1.807) is 0 Å². The lowest BCUT2D eigenvalue weighted by molar-refractivity contribution is 1.18. The number of fused-ring (bicyclic) bond motifs is 6. The van der Waals surface area contributed by atoms with Gasteiger partial charge in [-0.15, -0.1) is 0 Å². The molecular formula is C44H26N4. The molecule has 9 rings (SSSR count). The first-order valence-corrected chi connectivity index (χ1v) is 15.9. The molecule has 0 radical (unpaired) electrons. The monoisotopic (exact) mass is 610 g/mol. The lowest BCUT2D eigenvalue weighted by atomic mass is 9.98. The van der Waals surface area contributed by atoms with Crippen LogP contribution in [0.15, 0.2) is 158 Å². The molecule has 0 aliphatic rings. The zero-order valence-corrected chi connectivity index (χ0v) is 25.8. The van der Waals surface area contributed by atoms with Crippen LogP contribution in [-0.2, 0) is 0 Å². The minimum absolute atomic E-state index is 0.616. The standard InChI is InChI=1S/C44H26N4/c1-46-39-13-8-12-34(44(39)48-41-15-6-3-9-35(41)36-10-4-7-16-42(36)48)32-20-18-30(19-21-32)31-22-24-33(25-23-31)47-40-14-5-2-11-37(40)38-26-17-29(28-45)27-43(38)47/h2-27H. The molecule has 0 bridgehead atoms. The van der Waals surface area contributed by atoms with E-state index in [4.69, 9.17) is 6.57 Å². The van der Waals surface area contributed by atoms with Gasteiger partial charge in [0.15, 0.2) is 0 Å². The minimum atomic E-state index is 0.616. The lowest BCUT2D eigenvalue weighted by Gasteiger charge is -2.16. The molecule has 9 aromatic rings. The lowest BCUT2D eigenvalue weighted by Crippen LogP contribution is -1.97. The Balaban J connectivity index is 1.13. The molecule has 4 heteroatoms. The van der Waals surface area contributed by atoms with Crippen LogP contribution in [0.3, 0.4) is 0 Å². The normalized spacial score (nSPS) is 11.3. The van der Waals surface area contributed by atoms with Crippen LogP contribution >= 0.6 is 0 Å². The van der Waals surface area contributed by atoms with Crippen molar-refractivity contribution in [1.82, 2.24) is 9.13 Å². The van der Waals surface area contributed by atoms with Crippen molar-refractivity contribution in [2.45, 2.75) is 0 Å². The average Bonchev–Trinajstić information content (AvgIpc) is 3.67. The molecule has 0 aliphatic heterocycles. The van der Waals surface area contributed by atoms with Gasteiger partial charge in [-0.05, 0) is 64.7 Å². The number of hydrogen-bond acceptors (Lipinski definition) is 1. The molecule has 2 aromatic heterocycles. The molecule has 0 saturated heterocycles. The molecule has 0 unspecified atom stereocenters. The van der Waals surface area contributed by atoms with Crippen LogP contribution in [0.5, 0.6) is 0 Å². The molecule has 0 spiro atoms. The van der Waals surface area contributed by atoms with Crippen molar-refractivity contribution in [3.05, 3.63) is 175 Å². The highest BCUT2D eigenvalue weighted by Gasteiger charge is 2.19. The molecule has 0 saturated carbocycles.